The van der Waals surface area contributed by atoms with E-state index in [1.807, 2.05) is 6.92 Å². The molecular weight excluding hydrogens is 144 g/mol. The van der Waals surface area contributed by atoms with E-state index >= 15 is 0 Å². The van der Waals surface area contributed by atoms with Crippen molar-refractivity contribution >= 4 is 14.8 Å². The molecule has 0 aromatic carbocycles. The Bertz CT molecular complexity index is 112. The zero-order valence-electron chi connectivity index (χ0n) is 7.18. The summed E-state index contributed by atoms with van der Waals surface area (Å²) in [5.74, 6) is 0.0397. The number of esters is 1. The van der Waals surface area contributed by atoms with E-state index in [4.69, 9.17) is 0 Å². The molecule has 0 N–H and O–H groups in total. The topological polar surface area (TPSA) is 26.3 Å². The third kappa shape index (κ3) is 3.66. The Hall–Kier alpha value is -0.313. The Kier molecular flexibility index (Phi) is 4.35. The van der Waals surface area contributed by atoms with Crippen LogP contribution in [0.15, 0.2) is 0 Å². The summed E-state index contributed by atoms with van der Waals surface area (Å²) in [6, 6.07) is 1.05. The molecule has 0 aliphatic rings. The van der Waals surface area contributed by atoms with Crippen LogP contribution in [-0.2, 0) is 9.53 Å². The van der Waals surface area contributed by atoms with Crippen LogP contribution in [0.1, 0.15) is 6.92 Å². The van der Waals surface area contributed by atoms with Gasteiger partial charge >= 0.3 is 5.97 Å². The first-order chi connectivity index (χ1) is 4.57. The van der Waals surface area contributed by atoms with Crippen molar-refractivity contribution in [2.75, 3.05) is 7.11 Å². The summed E-state index contributed by atoms with van der Waals surface area (Å²) < 4.78 is 4.60. The predicted octanol–water partition coefficient (Wildman–Crippen LogP) is 1.28. The summed E-state index contributed by atoms with van der Waals surface area (Å²) in [6.45, 7) is 6.40. The maximum Gasteiger partial charge on any atom is 0.308 e. The monoisotopic (exact) mass is 160 g/mol. The molecule has 0 bridgehead atoms. The van der Waals surface area contributed by atoms with Gasteiger partial charge < -0.3 is 4.74 Å². The van der Waals surface area contributed by atoms with Crippen molar-refractivity contribution in [3.05, 3.63) is 0 Å². The molecule has 0 rings (SSSR count). The first kappa shape index (κ1) is 9.69. The second kappa shape index (κ2) is 4.49. The lowest BCUT2D eigenvalue weighted by Gasteiger charge is -2.09. The minimum absolute atomic E-state index is 0.0683. The molecule has 0 fully saturated rings. The fourth-order valence-corrected chi connectivity index (χ4v) is 2.61. The number of hydrogen-bond donors (Lipinski definition) is 0. The molecule has 3 heteroatoms. The van der Waals surface area contributed by atoms with Gasteiger partial charge in [-0.05, 0) is 6.04 Å². The van der Waals surface area contributed by atoms with Gasteiger partial charge in [-0.1, -0.05) is 20.0 Å². The van der Waals surface area contributed by atoms with Crippen LogP contribution < -0.4 is 0 Å². The second-order valence-electron chi connectivity index (χ2n) is 3.05. The standard InChI is InChI=1S/C7H16O2Si/c1-6(5-10(3)4)7(8)9-2/h6,10H,5H2,1-4H3. The molecule has 0 radical (unpaired) electrons. The first-order valence-corrected chi connectivity index (χ1v) is 6.78. The Morgan fingerprint density at radius 2 is 2.10 bits per heavy atom. The maximum atomic E-state index is 10.8. The highest BCUT2D eigenvalue weighted by molar-refractivity contribution is 6.56. The summed E-state index contributed by atoms with van der Waals surface area (Å²) in [7, 11) is 0.846. The van der Waals surface area contributed by atoms with E-state index in [2.05, 4.69) is 17.8 Å². The third-order valence-corrected chi connectivity index (χ3v) is 3.08. The first-order valence-electron chi connectivity index (χ1n) is 3.65. The normalized spacial score (nSPS) is 13.3. The molecule has 0 aliphatic carbocycles. The van der Waals surface area contributed by atoms with Crippen LogP contribution in [0, 0.1) is 5.92 Å². The predicted molar refractivity (Wildman–Crippen MR) is 44.9 cm³/mol. The van der Waals surface area contributed by atoms with Crippen LogP contribution >= 0.6 is 0 Å². The Morgan fingerprint density at radius 1 is 1.60 bits per heavy atom. The summed E-state index contributed by atoms with van der Waals surface area (Å²) in [5.41, 5.74) is 0. The minimum atomic E-state index is -0.599. The van der Waals surface area contributed by atoms with Crippen molar-refractivity contribution in [2.45, 2.75) is 26.1 Å². The quantitative estimate of drug-likeness (QED) is 0.459. The SMILES string of the molecule is COC(=O)C(C)C[SiH](C)C. The zero-order valence-corrected chi connectivity index (χ0v) is 8.33. The van der Waals surface area contributed by atoms with E-state index in [9.17, 15) is 4.79 Å². The number of ether oxygens (including phenoxy) is 1. The largest absolute Gasteiger partial charge is 0.469 e. The van der Waals surface area contributed by atoms with Crippen molar-refractivity contribution in [1.82, 2.24) is 0 Å². The summed E-state index contributed by atoms with van der Waals surface area (Å²) in [4.78, 5) is 10.8. The van der Waals surface area contributed by atoms with E-state index < -0.39 is 8.80 Å². The van der Waals surface area contributed by atoms with E-state index in [-0.39, 0.29) is 11.9 Å². The molecule has 0 spiro atoms. The van der Waals surface area contributed by atoms with Crippen LogP contribution in [-0.4, -0.2) is 21.9 Å². The molecule has 2 nitrogen and oxygen atoms in total. The van der Waals surface area contributed by atoms with Gasteiger partial charge in [-0.25, -0.2) is 0 Å². The number of hydrogen-bond acceptors (Lipinski definition) is 2. The zero-order chi connectivity index (χ0) is 8.15. The molecule has 1 atom stereocenters. The van der Waals surface area contributed by atoms with Crippen molar-refractivity contribution in [1.29, 1.82) is 0 Å². The van der Waals surface area contributed by atoms with Crippen molar-refractivity contribution in [3.8, 4) is 0 Å². The van der Waals surface area contributed by atoms with Crippen LogP contribution in [0.3, 0.4) is 0 Å². The highest BCUT2D eigenvalue weighted by Crippen LogP contribution is 2.07. The fraction of sp³-hybridized carbons (Fsp3) is 0.857. The number of methoxy groups -OCH3 is 1. The van der Waals surface area contributed by atoms with E-state index in [1.165, 1.54) is 7.11 Å². The molecule has 0 aromatic rings. The molecule has 0 saturated heterocycles. The van der Waals surface area contributed by atoms with Crippen LogP contribution in [0.4, 0.5) is 0 Å². The lowest BCUT2D eigenvalue weighted by atomic mass is 10.2. The Labute approximate surface area is 64.2 Å². The Morgan fingerprint density at radius 3 is 2.40 bits per heavy atom. The van der Waals surface area contributed by atoms with Gasteiger partial charge in [-0.2, -0.15) is 0 Å². The molecule has 0 aromatic heterocycles. The minimum Gasteiger partial charge on any atom is -0.469 e. The summed E-state index contributed by atoms with van der Waals surface area (Å²) in [6.07, 6.45) is 0. The number of rotatable bonds is 3. The van der Waals surface area contributed by atoms with Crippen LogP contribution in [0.25, 0.3) is 0 Å². The highest BCUT2D eigenvalue weighted by atomic mass is 28.3. The lowest BCUT2D eigenvalue weighted by molar-refractivity contribution is -0.144. The van der Waals surface area contributed by atoms with Crippen molar-refractivity contribution in [3.63, 3.8) is 0 Å². The van der Waals surface area contributed by atoms with Gasteiger partial charge in [0.15, 0.2) is 0 Å². The molecule has 10 heavy (non-hydrogen) atoms. The van der Waals surface area contributed by atoms with E-state index in [0.29, 0.717) is 0 Å². The van der Waals surface area contributed by atoms with Gasteiger partial charge in [-0.3, -0.25) is 4.79 Å². The van der Waals surface area contributed by atoms with Crippen LogP contribution in [0.5, 0.6) is 0 Å². The van der Waals surface area contributed by atoms with Crippen molar-refractivity contribution < 1.29 is 9.53 Å². The van der Waals surface area contributed by atoms with Gasteiger partial charge in [-0.15, -0.1) is 0 Å². The fourth-order valence-electron chi connectivity index (χ4n) is 1.00. The van der Waals surface area contributed by atoms with Crippen LogP contribution in [0.2, 0.25) is 19.1 Å². The Balaban J connectivity index is 3.61. The molecule has 0 amide bonds. The molecule has 60 valence electrons. The van der Waals surface area contributed by atoms with E-state index in [1.54, 1.807) is 0 Å². The van der Waals surface area contributed by atoms with Gasteiger partial charge in [0, 0.05) is 8.80 Å². The van der Waals surface area contributed by atoms with E-state index in [0.717, 1.165) is 6.04 Å². The molecule has 0 heterocycles. The molecular formula is C7H16O2Si. The molecule has 0 saturated carbocycles. The maximum absolute atomic E-state index is 10.8. The summed E-state index contributed by atoms with van der Waals surface area (Å²) >= 11 is 0. The highest BCUT2D eigenvalue weighted by Gasteiger charge is 2.14. The summed E-state index contributed by atoms with van der Waals surface area (Å²) in [5, 5.41) is 0. The number of carbonyl (C=O) groups excluding carboxylic acids is 1. The van der Waals surface area contributed by atoms with Gasteiger partial charge in [0.05, 0.1) is 13.0 Å². The smallest absolute Gasteiger partial charge is 0.308 e. The average Bonchev–Trinajstić information content (AvgIpc) is 1.85. The van der Waals surface area contributed by atoms with Crippen molar-refractivity contribution in [2.24, 2.45) is 5.92 Å². The third-order valence-electron chi connectivity index (χ3n) is 1.43. The van der Waals surface area contributed by atoms with Gasteiger partial charge in [0.2, 0.25) is 0 Å². The van der Waals surface area contributed by atoms with Gasteiger partial charge in [0.25, 0.3) is 0 Å². The average molecular weight is 160 g/mol. The second-order valence-corrected chi connectivity index (χ2v) is 6.31. The lowest BCUT2D eigenvalue weighted by Crippen LogP contribution is -2.17. The molecule has 1 unspecified atom stereocenters. The molecule has 0 aliphatic heterocycles. The van der Waals surface area contributed by atoms with Gasteiger partial charge in [0.1, 0.15) is 0 Å². The number of carbonyl (C=O) groups is 1.